The first-order chi connectivity index (χ1) is 14.1. The molecule has 2 aromatic carbocycles. The highest BCUT2D eigenvalue weighted by atomic mass is 19.1. The average molecular weight is 393 g/mol. The van der Waals surface area contributed by atoms with Crippen LogP contribution in [0.15, 0.2) is 66.9 Å². The quantitative estimate of drug-likeness (QED) is 0.598. The molecule has 6 nitrogen and oxygen atoms in total. The third kappa shape index (κ3) is 5.38. The van der Waals surface area contributed by atoms with E-state index in [1.807, 2.05) is 0 Å². The fraction of sp³-hybridized carbons (Fsp3) is 0.136. The smallest absolute Gasteiger partial charge is 0.339 e. The molecule has 29 heavy (non-hydrogen) atoms. The molecule has 1 aromatic heterocycles. The summed E-state index contributed by atoms with van der Waals surface area (Å²) in [5.74, 6) is -0.498. The number of hydrogen-bond donors (Lipinski definition) is 2. The van der Waals surface area contributed by atoms with E-state index in [9.17, 15) is 14.0 Å². The van der Waals surface area contributed by atoms with Crippen LogP contribution >= 0.6 is 0 Å². The van der Waals surface area contributed by atoms with E-state index in [0.29, 0.717) is 35.6 Å². The number of nitrogens with zero attached hydrogens (tertiary/aromatic N) is 1. The minimum absolute atomic E-state index is 0.249. The van der Waals surface area contributed by atoms with Crippen molar-refractivity contribution >= 4 is 23.4 Å². The fourth-order valence-corrected chi connectivity index (χ4v) is 2.69. The van der Waals surface area contributed by atoms with Gasteiger partial charge in [-0.1, -0.05) is 24.3 Å². The number of methoxy groups -OCH3 is 1. The van der Waals surface area contributed by atoms with Crippen molar-refractivity contribution in [2.45, 2.75) is 6.42 Å². The Labute approximate surface area is 167 Å². The molecule has 1 heterocycles. The Balaban J connectivity index is 1.58. The Morgan fingerprint density at radius 2 is 1.79 bits per heavy atom. The summed E-state index contributed by atoms with van der Waals surface area (Å²) in [5.41, 5.74) is 2.30. The Bertz CT molecular complexity index is 989. The van der Waals surface area contributed by atoms with Gasteiger partial charge in [-0.05, 0) is 48.4 Å². The number of esters is 1. The van der Waals surface area contributed by atoms with Gasteiger partial charge in [-0.3, -0.25) is 4.79 Å². The van der Waals surface area contributed by atoms with Gasteiger partial charge in [0, 0.05) is 12.7 Å². The van der Waals surface area contributed by atoms with Gasteiger partial charge in [0.25, 0.3) is 5.91 Å². The number of anilines is 2. The van der Waals surface area contributed by atoms with E-state index in [1.165, 1.54) is 25.4 Å². The van der Waals surface area contributed by atoms with Gasteiger partial charge in [-0.15, -0.1) is 0 Å². The largest absolute Gasteiger partial charge is 0.465 e. The van der Waals surface area contributed by atoms with Crippen LogP contribution in [0.4, 0.5) is 15.9 Å². The predicted octanol–water partition coefficient (Wildman–Crippen LogP) is 3.72. The summed E-state index contributed by atoms with van der Waals surface area (Å²) in [5, 5.41) is 5.86. The van der Waals surface area contributed by atoms with E-state index in [4.69, 9.17) is 4.74 Å². The number of amides is 1. The molecule has 0 saturated carbocycles. The number of rotatable bonds is 7. The van der Waals surface area contributed by atoms with Gasteiger partial charge in [0.05, 0.1) is 23.9 Å². The molecule has 0 unspecified atom stereocenters. The second-order valence-electron chi connectivity index (χ2n) is 6.23. The lowest BCUT2D eigenvalue weighted by Crippen LogP contribution is -2.25. The van der Waals surface area contributed by atoms with Crippen LogP contribution in [0.3, 0.4) is 0 Å². The maximum absolute atomic E-state index is 12.9. The molecular weight excluding hydrogens is 373 g/mol. The van der Waals surface area contributed by atoms with Gasteiger partial charge in [-0.2, -0.15) is 0 Å². The minimum Gasteiger partial charge on any atom is -0.465 e. The summed E-state index contributed by atoms with van der Waals surface area (Å²) >= 11 is 0. The van der Waals surface area contributed by atoms with Crippen LogP contribution in [-0.4, -0.2) is 30.5 Å². The molecule has 0 spiro atoms. The molecule has 148 valence electrons. The minimum atomic E-state index is -0.453. The number of benzene rings is 2. The summed E-state index contributed by atoms with van der Waals surface area (Å²) in [6.45, 7) is 0.428. The van der Waals surface area contributed by atoms with Crippen LogP contribution in [0.1, 0.15) is 26.3 Å². The van der Waals surface area contributed by atoms with Crippen LogP contribution in [0.5, 0.6) is 0 Å². The van der Waals surface area contributed by atoms with E-state index in [0.717, 1.165) is 5.56 Å². The monoisotopic (exact) mass is 393 g/mol. The lowest BCUT2D eigenvalue weighted by Gasteiger charge is -2.10. The molecule has 2 N–H and O–H groups in total. The molecule has 0 bridgehead atoms. The summed E-state index contributed by atoms with van der Waals surface area (Å²) in [6, 6.07) is 16.4. The molecule has 0 atom stereocenters. The number of carbonyl (C=O) groups excluding carboxylic acids is 2. The molecule has 0 radical (unpaired) electrons. The zero-order valence-electron chi connectivity index (χ0n) is 15.8. The van der Waals surface area contributed by atoms with Crippen LogP contribution in [0.2, 0.25) is 0 Å². The third-order valence-corrected chi connectivity index (χ3v) is 4.23. The first-order valence-corrected chi connectivity index (χ1v) is 9.00. The van der Waals surface area contributed by atoms with E-state index >= 15 is 0 Å². The Hall–Kier alpha value is -3.74. The average Bonchev–Trinajstić information content (AvgIpc) is 2.75. The molecule has 3 aromatic rings. The second kappa shape index (κ2) is 9.45. The van der Waals surface area contributed by atoms with Crippen molar-refractivity contribution in [3.8, 4) is 0 Å². The van der Waals surface area contributed by atoms with Crippen molar-refractivity contribution in [3.63, 3.8) is 0 Å². The van der Waals surface area contributed by atoms with Crippen LogP contribution < -0.4 is 10.6 Å². The number of para-hydroxylation sites is 1. The van der Waals surface area contributed by atoms with Gasteiger partial charge < -0.3 is 15.4 Å². The van der Waals surface area contributed by atoms with Crippen molar-refractivity contribution in [1.29, 1.82) is 0 Å². The maximum atomic E-state index is 12.9. The lowest BCUT2D eigenvalue weighted by molar-refractivity contribution is 0.0601. The van der Waals surface area contributed by atoms with Gasteiger partial charge in [0.1, 0.15) is 11.6 Å². The zero-order chi connectivity index (χ0) is 20.6. The van der Waals surface area contributed by atoms with E-state index in [1.54, 1.807) is 48.5 Å². The van der Waals surface area contributed by atoms with Crippen molar-refractivity contribution in [1.82, 2.24) is 10.3 Å². The first-order valence-electron chi connectivity index (χ1n) is 9.00. The van der Waals surface area contributed by atoms with E-state index in [2.05, 4.69) is 15.6 Å². The normalized spacial score (nSPS) is 10.3. The highest BCUT2D eigenvalue weighted by Gasteiger charge is 2.12. The van der Waals surface area contributed by atoms with Crippen molar-refractivity contribution < 1.29 is 18.7 Å². The molecule has 0 aliphatic heterocycles. The second-order valence-corrected chi connectivity index (χ2v) is 6.23. The molecule has 0 fully saturated rings. The van der Waals surface area contributed by atoms with Gasteiger partial charge >= 0.3 is 5.97 Å². The Morgan fingerprint density at radius 3 is 2.48 bits per heavy atom. The number of halogens is 1. The topological polar surface area (TPSA) is 80.3 Å². The highest BCUT2D eigenvalue weighted by Crippen LogP contribution is 2.20. The van der Waals surface area contributed by atoms with Crippen molar-refractivity contribution in [2.24, 2.45) is 0 Å². The van der Waals surface area contributed by atoms with Gasteiger partial charge in [-0.25, -0.2) is 14.2 Å². The summed E-state index contributed by atoms with van der Waals surface area (Å²) < 4.78 is 17.7. The summed E-state index contributed by atoms with van der Waals surface area (Å²) in [4.78, 5) is 28.3. The molecule has 3 rings (SSSR count). The number of pyridine rings is 1. The van der Waals surface area contributed by atoms with E-state index in [-0.39, 0.29) is 11.7 Å². The molecule has 0 aliphatic rings. The molecule has 1 amide bonds. The van der Waals surface area contributed by atoms with Gasteiger partial charge in [0.2, 0.25) is 0 Å². The third-order valence-electron chi connectivity index (χ3n) is 4.23. The maximum Gasteiger partial charge on any atom is 0.339 e. The lowest BCUT2D eigenvalue weighted by atomic mass is 10.1. The standard InChI is InChI=1S/C22H20FN3O3/c1-29-22(28)18-4-2-3-5-19(18)26-20-11-8-16(14-25-20)21(27)24-13-12-15-6-9-17(23)10-7-15/h2-11,14H,12-13H2,1H3,(H,24,27)(H,25,26). The summed E-state index contributed by atoms with van der Waals surface area (Å²) in [7, 11) is 1.32. The molecule has 7 heteroatoms. The number of aromatic nitrogens is 1. The first kappa shape index (κ1) is 20.0. The fourth-order valence-electron chi connectivity index (χ4n) is 2.69. The predicted molar refractivity (Wildman–Crippen MR) is 108 cm³/mol. The summed E-state index contributed by atoms with van der Waals surface area (Å²) in [6.07, 6.45) is 2.06. The number of ether oxygens (including phenoxy) is 1. The number of carbonyl (C=O) groups is 2. The van der Waals surface area contributed by atoms with Crippen molar-refractivity contribution in [3.05, 3.63) is 89.4 Å². The Kier molecular flexibility index (Phi) is 6.52. The molecular formula is C22H20FN3O3. The van der Waals surface area contributed by atoms with Crippen LogP contribution in [0.25, 0.3) is 0 Å². The van der Waals surface area contributed by atoms with Crippen LogP contribution in [-0.2, 0) is 11.2 Å². The Morgan fingerprint density at radius 1 is 1.03 bits per heavy atom. The number of hydrogen-bond acceptors (Lipinski definition) is 5. The van der Waals surface area contributed by atoms with Crippen molar-refractivity contribution in [2.75, 3.05) is 19.0 Å². The zero-order valence-corrected chi connectivity index (χ0v) is 15.8. The number of nitrogens with one attached hydrogen (secondary N) is 2. The SMILES string of the molecule is COC(=O)c1ccccc1Nc1ccc(C(=O)NCCc2ccc(F)cc2)cn1. The van der Waals surface area contributed by atoms with Gasteiger partial charge in [0.15, 0.2) is 0 Å². The molecule has 0 saturated heterocycles. The van der Waals surface area contributed by atoms with Crippen LogP contribution in [0, 0.1) is 5.82 Å². The van der Waals surface area contributed by atoms with E-state index < -0.39 is 5.97 Å². The highest BCUT2D eigenvalue weighted by molar-refractivity contribution is 5.96. The molecule has 0 aliphatic carbocycles.